The van der Waals surface area contributed by atoms with Crippen LogP contribution in [0.1, 0.15) is 78.4 Å². The zero-order valence-corrected chi connectivity index (χ0v) is 23.4. The van der Waals surface area contributed by atoms with Gasteiger partial charge in [-0.25, -0.2) is 0 Å². The fourth-order valence-electron chi connectivity index (χ4n) is 2.66. The molecule has 0 aliphatic heterocycles. The molecule has 0 aromatic heterocycles. The smallest absolute Gasteiger partial charge is 0 e. The Hall–Kier alpha value is 0.388. The summed E-state index contributed by atoms with van der Waals surface area (Å²) < 4.78 is 0. The summed E-state index contributed by atoms with van der Waals surface area (Å²) in [6.45, 7) is 12.9. The van der Waals surface area contributed by atoms with Crippen LogP contribution in [-0.2, 0) is 65.4 Å². The first-order valence-corrected chi connectivity index (χ1v) is 9.56. The van der Waals surface area contributed by atoms with E-state index in [4.69, 9.17) is 0 Å². The molecule has 0 nitrogen and oxygen atoms in total. The number of rotatable bonds is 6. The van der Waals surface area contributed by atoms with Crippen LogP contribution in [0, 0.1) is 11.8 Å². The van der Waals surface area contributed by atoms with Crippen LogP contribution in [0.5, 0.6) is 0 Å². The molecule has 0 aliphatic rings. The molecule has 2 radical (unpaired) electrons. The third kappa shape index (κ3) is 12.7. The van der Waals surface area contributed by atoms with Gasteiger partial charge in [-0.15, -0.1) is 24.3 Å². The maximum absolute atomic E-state index is 2.21. The van der Waals surface area contributed by atoms with Gasteiger partial charge in [0, 0.05) is 65.4 Å². The molecule has 2 aromatic carbocycles. The van der Waals surface area contributed by atoms with Crippen molar-refractivity contribution in [2.24, 2.45) is 0 Å². The van der Waals surface area contributed by atoms with Gasteiger partial charge in [0.25, 0.3) is 0 Å². The third-order valence-electron chi connectivity index (χ3n) is 4.07. The number of benzene rings is 2. The fraction of sp³-hybridized carbons (Fsp3) is 0.417. The average molecular weight is 502 g/mol. The molecule has 0 unspecified atom stereocenters. The van der Waals surface area contributed by atoms with Crippen molar-refractivity contribution in [3.05, 3.63) is 83.6 Å². The van der Waals surface area contributed by atoms with Crippen molar-refractivity contribution >= 4 is 0 Å². The molecule has 0 saturated heterocycles. The first-order valence-electron chi connectivity index (χ1n) is 9.56. The summed E-state index contributed by atoms with van der Waals surface area (Å²) in [6, 6.07) is 21.2. The van der Waals surface area contributed by atoms with E-state index in [2.05, 4.69) is 88.4 Å². The van der Waals surface area contributed by atoms with Crippen molar-refractivity contribution in [3.8, 4) is 0 Å². The molecule has 140 valence electrons. The second-order valence-corrected chi connectivity index (χ2v) is 5.35. The van der Waals surface area contributed by atoms with E-state index in [-0.39, 0.29) is 65.4 Å². The zero-order valence-electron chi connectivity index (χ0n) is 17.8. The van der Waals surface area contributed by atoms with Gasteiger partial charge in [0.1, 0.15) is 0 Å². The maximum Gasteiger partial charge on any atom is 0 e. The number of hydrogen-bond acceptors (Lipinski definition) is 0. The summed E-state index contributed by atoms with van der Waals surface area (Å²) in [7, 11) is 0. The first-order chi connectivity index (χ1) is 11.8. The van der Waals surface area contributed by atoms with Gasteiger partial charge in [-0.2, -0.15) is 47.2 Å². The van der Waals surface area contributed by atoms with Crippen molar-refractivity contribution in [2.75, 3.05) is 0 Å². The monoisotopic (exact) mass is 502 g/mol. The summed E-state index contributed by atoms with van der Waals surface area (Å²) in [5.74, 6) is 3.09. The SMILES string of the molecule is CC.CC[C-](CC)c1ccccc1.CC[C-](CC)c1ccccc1.[Y].[Y]. The van der Waals surface area contributed by atoms with Crippen molar-refractivity contribution in [1.29, 1.82) is 0 Å². The van der Waals surface area contributed by atoms with Gasteiger partial charge in [-0.05, 0) is 0 Å². The minimum absolute atomic E-state index is 0. The molecule has 0 spiro atoms. The molecule has 0 saturated carbocycles. The summed E-state index contributed by atoms with van der Waals surface area (Å²) >= 11 is 0. The second kappa shape index (κ2) is 21.7. The molecular weight excluding hydrogens is 466 g/mol. The Morgan fingerprint density at radius 1 is 0.500 bits per heavy atom. The normalized spacial score (nSPS) is 8.38. The van der Waals surface area contributed by atoms with E-state index < -0.39 is 0 Å². The van der Waals surface area contributed by atoms with Gasteiger partial charge in [-0.1, -0.05) is 79.4 Å². The third-order valence-corrected chi connectivity index (χ3v) is 4.07. The molecule has 2 heteroatoms. The van der Waals surface area contributed by atoms with E-state index in [1.54, 1.807) is 11.8 Å². The minimum Gasteiger partial charge on any atom is -0.189 e. The molecule has 0 atom stereocenters. The van der Waals surface area contributed by atoms with Crippen molar-refractivity contribution in [2.45, 2.75) is 67.2 Å². The van der Waals surface area contributed by atoms with Gasteiger partial charge < -0.3 is 0 Å². The van der Waals surface area contributed by atoms with Crippen molar-refractivity contribution in [3.63, 3.8) is 0 Å². The Kier molecular flexibility index (Phi) is 25.9. The van der Waals surface area contributed by atoms with E-state index >= 15 is 0 Å². The first kappa shape index (κ1) is 31.1. The van der Waals surface area contributed by atoms with Crippen LogP contribution in [-0.4, -0.2) is 0 Å². The number of hydrogen-bond donors (Lipinski definition) is 0. The Bertz CT molecular complexity index is 427. The quantitative estimate of drug-likeness (QED) is 0.353. The van der Waals surface area contributed by atoms with Crippen molar-refractivity contribution < 1.29 is 65.4 Å². The summed E-state index contributed by atoms with van der Waals surface area (Å²) in [5.41, 5.74) is 2.80. The molecule has 0 bridgehead atoms. The second-order valence-electron chi connectivity index (χ2n) is 5.35. The van der Waals surface area contributed by atoms with E-state index in [1.807, 2.05) is 13.8 Å². The predicted octanol–water partition coefficient (Wildman–Crippen LogP) is 7.88. The minimum atomic E-state index is 0. The van der Waals surface area contributed by atoms with Crippen LogP contribution < -0.4 is 0 Å². The molecule has 2 aromatic rings. The Morgan fingerprint density at radius 3 is 0.923 bits per heavy atom. The Morgan fingerprint density at radius 2 is 0.731 bits per heavy atom. The Labute approximate surface area is 214 Å². The van der Waals surface area contributed by atoms with Crippen LogP contribution in [0.2, 0.25) is 0 Å². The molecule has 0 aliphatic carbocycles. The van der Waals surface area contributed by atoms with Gasteiger partial charge >= 0.3 is 0 Å². The molecule has 0 fully saturated rings. The standard InChI is InChI=1S/2C11H15.C2H6.2Y/c2*1-3-10(4-2)11-8-6-5-7-9-11;1-2;;/h2*5-9H,3-4H2,1-2H3;1-2H3;;/q2*-1;;;. The fourth-order valence-corrected chi connectivity index (χ4v) is 2.66. The zero-order chi connectivity index (χ0) is 18.2. The van der Waals surface area contributed by atoms with E-state index in [9.17, 15) is 0 Å². The van der Waals surface area contributed by atoms with Gasteiger partial charge in [0.2, 0.25) is 0 Å². The van der Waals surface area contributed by atoms with E-state index in [1.165, 1.54) is 36.8 Å². The van der Waals surface area contributed by atoms with E-state index in [0.29, 0.717) is 0 Å². The van der Waals surface area contributed by atoms with Crippen LogP contribution in [0.25, 0.3) is 0 Å². The van der Waals surface area contributed by atoms with Crippen LogP contribution >= 0.6 is 0 Å². The van der Waals surface area contributed by atoms with E-state index in [0.717, 1.165) is 0 Å². The maximum atomic E-state index is 2.21. The van der Waals surface area contributed by atoms with Gasteiger partial charge in [0.15, 0.2) is 0 Å². The molecule has 2 rings (SSSR count). The predicted molar refractivity (Wildman–Crippen MR) is 110 cm³/mol. The van der Waals surface area contributed by atoms with Crippen molar-refractivity contribution in [1.82, 2.24) is 0 Å². The van der Waals surface area contributed by atoms with Gasteiger partial charge in [0.05, 0.1) is 0 Å². The molecular formula is C24H36Y2-2. The largest absolute Gasteiger partial charge is 0.189 e. The summed E-state index contributed by atoms with van der Waals surface area (Å²) in [5, 5.41) is 0. The van der Waals surface area contributed by atoms with Crippen LogP contribution in [0.15, 0.2) is 60.7 Å². The van der Waals surface area contributed by atoms with Gasteiger partial charge in [-0.3, -0.25) is 0 Å². The summed E-state index contributed by atoms with van der Waals surface area (Å²) in [6.07, 6.45) is 4.67. The average Bonchev–Trinajstić information content (AvgIpc) is 2.68. The molecule has 0 amide bonds. The molecule has 0 N–H and O–H groups in total. The van der Waals surface area contributed by atoms with Crippen LogP contribution in [0.3, 0.4) is 0 Å². The van der Waals surface area contributed by atoms with Crippen LogP contribution in [0.4, 0.5) is 0 Å². The Balaban J connectivity index is -0.000000347. The molecule has 26 heavy (non-hydrogen) atoms. The topological polar surface area (TPSA) is 0 Å². The summed E-state index contributed by atoms with van der Waals surface area (Å²) in [4.78, 5) is 0. The molecule has 0 heterocycles.